The van der Waals surface area contributed by atoms with Gasteiger partial charge in [0.1, 0.15) is 5.82 Å². The molecule has 4 aromatic rings. The zero-order valence-corrected chi connectivity index (χ0v) is 16.1. The Hall–Kier alpha value is -3.67. The monoisotopic (exact) mass is 382 g/mol. The molecule has 0 amide bonds. The lowest BCUT2D eigenvalue weighted by molar-refractivity contribution is 0.641. The second-order valence-electron chi connectivity index (χ2n) is 7.17. The quantitative estimate of drug-likeness (QED) is 0.584. The SMILES string of the molecule is Nc1ccc(N2CCN(c3nc(-c4ccccc4)c4ccccc4n3)CC2)cn1. The number of anilines is 3. The molecule has 0 aliphatic carbocycles. The van der Waals surface area contributed by atoms with Gasteiger partial charge < -0.3 is 15.5 Å². The van der Waals surface area contributed by atoms with E-state index in [2.05, 4.69) is 39.0 Å². The van der Waals surface area contributed by atoms with Gasteiger partial charge in [-0.1, -0.05) is 48.5 Å². The van der Waals surface area contributed by atoms with E-state index in [1.807, 2.05) is 48.7 Å². The van der Waals surface area contributed by atoms with Crippen molar-refractivity contribution in [3.8, 4) is 11.3 Å². The van der Waals surface area contributed by atoms with E-state index in [9.17, 15) is 0 Å². The minimum absolute atomic E-state index is 0.547. The highest BCUT2D eigenvalue weighted by molar-refractivity contribution is 5.93. The molecular weight excluding hydrogens is 360 g/mol. The molecule has 1 saturated heterocycles. The lowest BCUT2D eigenvalue weighted by atomic mass is 10.1. The number of nitrogens with two attached hydrogens (primary N) is 1. The fourth-order valence-electron chi connectivity index (χ4n) is 3.77. The molecule has 2 aromatic heterocycles. The Kier molecular flexibility index (Phi) is 4.44. The number of para-hydroxylation sites is 1. The number of piperazine rings is 1. The van der Waals surface area contributed by atoms with Gasteiger partial charge in [0.15, 0.2) is 0 Å². The Morgan fingerprint density at radius 1 is 0.724 bits per heavy atom. The molecule has 0 bridgehead atoms. The maximum absolute atomic E-state index is 5.71. The Morgan fingerprint density at radius 2 is 1.45 bits per heavy atom. The number of nitrogens with zero attached hydrogens (tertiary/aromatic N) is 5. The van der Waals surface area contributed by atoms with E-state index in [-0.39, 0.29) is 0 Å². The Morgan fingerprint density at radius 3 is 2.21 bits per heavy atom. The number of benzene rings is 2. The van der Waals surface area contributed by atoms with Crippen molar-refractivity contribution in [2.45, 2.75) is 0 Å². The van der Waals surface area contributed by atoms with Crippen molar-refractivity contribution in [3.63, 3.8) is 0 Å². The van der Waals surface area contributed by atoms with Crippen LogP contribution in [0.1, 0.15) is 0 Å². The van der Waals surface area contributed by atoms with E-state index >= 15 is 0 Å². The third-order valence-corrected chi connectivity index (χ3v) is 5.34. The first-order chi connectivity index (χ1) is 14.3. The maximum atomic E-state index is 5.71. The lowest BCUT2D eigenvalue weighted by Gasteiger charge is -2.36. The molecule has 29 heavy (non-hydrogen) atoms. The van der Waals surface area contributed by atoms with Gasteiger partial charge >= 0.3 is 0 Å². The molecular formula is C23H22N6. The number of fused-ring (bicyclic) bond motifs is 1. The van der Waals surface area contributed by atoms with Gasteiger partial charge in [-0.25, -0.2) is 15.0 Å². The molecule has 0 radical (unpaired) electrons. The van der Waals surface area contributed by atoms with E-state index in [0.717, 1.165) is 60.0 Å². The summed E-state index contributed by atoms with van der Waals surface area (Å²) in [5, 5.41) is 1.08. The van der Waals surface area contributed by atoms with Gasteiger partial charge in [-0.3, -0.25) is 0 Å². The molecule has 0 spiro atoms. The summed E-state index contributed by atoms with van der Waals surface area (Å²) in [5.74, 6) is 1.34. The van der Waals surface area contributed by atoms with Crippen LogP contribution in [0.25, 0.3) is 22.2 Å². The van der Waals surface area contributed by atoms with Crippen LogP contribution in [0.3, 0.4) is 0 Å². The molecule has 6 heteroatoms. The number of hydrogen-bond donors (Lipinski definition) is 1. The Labute approximate surface area is 169 Å². The van der Waals surface area contributed by atoms with Crippen molar-refractivity contribution in [1.29, 1.82) is 0 Å². The summed E-state index contributed by atoms with van der Waals surface area (Å²) >= 11 is 0. The topological polar surface area (TPSA) is 71.2 Å². The van der Waals surface area contributed by atoms with Crippen molar-refractivity contribution in [1.82, 2.24) is 15.0 Å². The van der Waals surface area contributed by atoms with Crippen LogP contribution < -0.4 is 15.5 Å². The van der Waals surface area contributed by atoms with Crippen LogP contribution >= 0.6 is 0 Å². The van der Waals surface area contributed by atoms with Crippen molar-refractivity contribution in [2.75, 3.05) is 41.7 Å². The highest BCUT2D eigenvalue weighted by Gasteiger charge is 2.21. The standard InChI is InChI=1S/C23H22N6/c24-21-11-10-18(16-25-21)28-12-14-29(15-13-28)23-26-20-9-5-4-8-19(20)22(27-23)17-6-2-1-3-7-17/h1-11,16H,12-15H2,(H2,24,25). The zero-order chi connectivity index (χ0) is 19.6. The van der Waals surface area contributed by atoms with Crippen molar-refractivity contribution < 1.29 is 0 Å². The third kappa shape index (κ3) is 3.45. The number of aromatic nitrogens is 3. The first-order valence-corrected chi connectivity index (χ1v) is 9.81. The van der Waals surface area contributed by atoms with E-state index in [1.54, 1.807) is 0 Å². The smallest absolute Gasteiger partial charge is 0.226 e. The van der Waals surface area contributed by atoms with Crippen molar-refractivity contribution in [2.24, 2.45) is 0 Å². The van der Waals surface area contributed by atoms with Crippen LogP contribution in [0.15, 0.2) is 72.9 Å². The minimum Gasteiger partial charge on any atom is -0.384 e. The van der Waals surface area contributed by atoms with Gasteiger partial charge in [-0.2, -0.15) is 0 Å². The predicted molar refractivity (Wildman–Crippen MR) is 118 cm³/mol. The van der Waals surface area contributed by atoms with Gasteiger partial charge in [0.2, 0.25) is 5.95 Å². The number of hydrogen-bond acceptors (Lipinski definition) is 6. The summed E-state index contributed by atoms with van der Waals surface area (Å²) < 4.78 is 0. The predicted octanol–water partition coefficient (Wildman–Crippen LogP) is 3.60. The molecule has 5 rings (SSSR count). The lowest BCUT2D eigenvalue weighted by Crippen LogP contribution is -2.47. The van der Waals surface area contributed by atoms with E-state index in [4.69, 9.17) is 15.7 Å². The largest absolute Gasteiger partial charge is 0.384 e. The number of rotatable bonds is 3. The van der Waals surface area contributed by atoms with E-state index in [0.29, 0.717) is 5.82 Å². The normalized spacial score (nSPS) is 14.3. The molecule has 6 nitrogen and oxygen atoms in total. The second-order valence-corrected chi connectivity index (χ2v) is 7.17. The molecule has 0 saturated carbocycles. The fourth-order valence-corrected chi connectivity index (χ4v) is 3.77. The number of pyridine rings is 1. The molecule has 1 aliphatic heterocycles. The molecule has 1 aliphatic rings. The highest BCUT2D eigenvalue weighted by Crippen LogP contribution is 2.28. The zero-order valence-electron chi connectivity index (χ0n) is 16.1. The van der Waals surface area contributed by atoms with Crippen LogP contribution in [0.5, 0.6) is 0 Å². The molecule has 1 fully saturated rings. The van der Waals surface area contributed by atoms with E-state index < -0.39 is 0 Å². The molecule has 2 N–H and O–H groups in total. The van der Waals surface area contributed by atoms with Gasteiger partial charge in [0, 0.05) is 37.1 Å². The molecule has 2 aromatic carbocycles. The summed E-state index contributed by atoms with van der Waals surface area (Å²) in [6, 6.07) is 22.4. The molecule has 144 valence electrons. The summed E-state index contributed by atoms with van der Waals surface area (Å²) in [4.78, 5) is 18.6. The van der Waals surface area contributed by atoms with Gasteiger partial charge in [0.05, 0.1) is 23.1 Å². The molecule has 0 unspecified atom stereocenters. The summed E-state index contributed by atoms with van der Waals surface area (Å²) in [5.41, 5.74) is 9.87. The van der Waals surface area contributed by atoms with Crippen LogP contribution in [0.4, 0.5) is 17.5 Å². The summed E-state index contributed by atoms with van der Waals surface area (Å²) in [6.07, 6.45) is 1.84. The van der Waals surface area contributed by atoms with Crippen LogP contribution in [0, 0.1) is 0 Å². The molecule has 3 heterocycles. The Bertz CT molecular complexity index is 1120. The molecule has 0 atom stereocenters. The summed E-state index contributed by atoms with van der Waals surface area (Å²) in [6.45, 7) is 3.50. The third-order valence-electron chi connectivity index (χ3n) is 5.34. The van der Waals surface area contributed by atoms with Crippen molar-refractivity contribution in [3.05, 3.63) is 72.9 Å². The van der Waals surface area contributed by atoms with Crippen LogP contribution in [0.2, 0.25) is 0 Å². The Balaban J connectivity index is 1.44. The second kappa shape index (κ2) is 7.39. The van der Waals surface area contributed by atoms with Crippen LogP contribution in [-0.4, -0.2) is 41.1 Å². The van der Waals surface area contributed by atoms with Crippen LogP contribution in [-0.2, 0) is 0 Å². The average molecular weight is 382 g/mol. The maximum Gasteiger partial charge on any atom is 0.226 e. The first kappa shape index (κ1) is 17.4. The van der Waals surface area contributed by atoms with E-state index in [1.165, 1.54) is 0 Å². The van der Waals surface area contributed by atoms with Crippen molar-refractivity contribution >= 4 is 28.4 Å². The summed E-state index contributed by atoms with van der Waals surface area (Å²) in [7, 11) is 0. The van der Waals surface area contributed by atoms with Gasteiger partial charge in [-0.15, -0.1) is 0 Å². The fraction of sp³-hybridized carbons (Fsp3) is 0.174. The average Bonchev–Trinajstić information content (AvgIpc) is 2.79. The first-order valence-electron chi connectivity index (χ1n) is 9.81. The minimum atomic E-state index is 0.547. The highest BCUT2D eigenvalue weighted by atomic mass is 15.3. The number of nitrogen functional groups attached to an aromatic ring is 1. The van der Waals surface area contributed by atoms with Gasteiger partial charge in [-0.05, 0) is 18.2 Å². The van der Waals surface area contributed by atoms with Gasteiger partial charge in [0.25, 0.3) is 0 Å².